The van der Waals surface area contributed by atoms with Crippen molar-refractivity contribution in [2.45, 2.75) is 45.6 Å². The summed E-state index contributed by atoms with van der Waals surface area (Å²) in [4.78, 5) is 19.5. The van der Waals surface area contributed by atoms with Crippen LogP contribution >= 0.6 is 0 Å². The second kappa shape index (κ2) is 5.01. The number of nitrogens with zero attached hydrogens (tertiary/aromatic N) is 5. The molecule has 0 N–H and O–H groups in total. The Kier molecular flexibility index (Phi) is 3.18. The summed E-state index contributed by atoms with van der Waals surface area (Å²) in [5.41, 5.74) is 2.25. The monoisotopic (exact) mass is 313 g/mol. The minimum Gasteiger partial charge on any atom is -0.334 e. The molecule has 2 fully saturated rings. The molecule has 3 heterocycles. The molecule has 4 rings (SSSR count). The second-order valence-corrected chi connectivity index (χ2v) is 7.44. The van der Waals surface area contributed by atoms with Crippen LogP contribution in [0.3, 0.4) is 0 Å². The summed E-state index contributed by atoms with van der Waals surface area (Å²) < 4.78 is 1.61. The molecule has 6 heteroatoms. The van der Waals surface area contributed by atoms with Crippen LogP contribution in [0.4, 0.5) is 0 Å². The van der Waals surface area contributed by atoms with E-state index >= 15 is 0 Å². The number of carbonyl (C=O) groups excluding carboxylic acids is 1. The molecule has 23 heavy (non-hydrogen) atoms. The Balaban J connectivity index is 1.69. The van der Waals surface area contributed by atoms with Gasteiger partial charge in [-0.2, -0.15) is 0 Å². The van der Waals surface area contributed by atoms with Crippen LogP contribution in [-0.2, 0) is 7.05 Å². The van der Waals surface area contributed by atoms with Crippen molar-refractivity contribution in [3.8, 4) is 0 Å². The lowest BCUT2D eigenvalue weighted by molar-refractivity contribution is -0.0700. The molecule has 1 unspecified atom stereocenters. The molecule has 0 bridgehead atoms. The van der Waals surface area contributed by atoms with Crippen molar-refractivity contribution in [2.75, 3.05) is 6.54 Å². The highest BCUT2D eigenvalue weighted by Gasteiger charge is 2.56. The molecule has 1 aliphatic heterocycles. The van der Waals surface area contributed by atoms with Crippen molar-refractivity contribution < 1.29 is 4.79 Å². The Morgan fingerprint density at radius 3 is 2.78 bits per heavy atom. The maximum Gasteiger partial charge on any atom is 0.256 e. The lowest BCUT2D eigenvalue weighted by Crippen LogP contribution is -2.67. The van der Waals surface area contributed by atoms with Crippen LogP contribution in [-0.4, -0.2) is 43.4 Å². The third-order valence-corrected chi connectivity index (χ3v) is 5.66. The molecule has 1 aliphatic carbocycles. The molecule has 2 aromatic heterocycles. The summed E-state index contributed by atoms with van der Waals surface area (Å²) in [6.07, 6.45) is 6.80. The van der Waals surface area contributed by atoms with E-state index in [-0.39, 0.29) is 5.91 Å². The number of carbonyl (C=O) groups is 1. The Labute approximate surface area is 135 Å². The van der Waals surface area contributed by atoms with Gasteiger partial charge in [0.1, 0.15) is 5.52 Å². The van der Waals surface area contributed by atoms with Gasteiger partial charge in [0.25, 0.3) is 5.91 Å². The van der Waals surface area contributed by atoms with Crippen molar-refractivity contribution in [3.05, 3.63) is 17.8 Å². The first-order chi connectivity index (χ1) is 11.0. The van der Waals surface area contributed by atoms with Crippen LogP contribution in [0.15, 0.2) is 12.3 Å². The topological polar surface area (TPSA) is 63.9 Å². The van der Waals surface area contributed by atoms with Gasteiger partial charge in [0.15, 0.2) is 5.65 Å². The van der Waals surface area contributed by atoms with Gasteiger partial charge in [-0.15, -0.1) is 5.10 Å². The molecule has 1 spiro atoms. The van der Waals surface area contributed by atoms with E-state index in [1.54, 1.807) is 24.0 Å². The maximum absolute atomic E-state index is 13.1. The van der Waals surface area contributed by atoms with E-state index in [1.807, 2.05) is 0 Å². The van der Waals surface area contributed by atoms with E-state index in [9.17, 15) is 4.79 Å². The molecule has 1 saturated carbocycles. The number of hydrogen-bond acceptors (Lipinski definition) is 4. The van der Waals surface area contributed by atoms with Crippen molar-refractivity contribution >= 4 is 17.1 Å². The van der Waals surface area contributed by atoms with Gasteiger partial charge in [0.05, 0.1) is 5.56 Å². The van der Waals surface area contributed by atoms with Gasteiger partial charge in [0, 0.05) is 31.2 Å². The highest BCUT2D eigenvalue weighted by Crippen LogP contribution is 2.53. The summed E-state index contributed by atoms with van der Waals surface area (Å²) in [6, 6.07) is 2.12. The molecule has 2 aliphatic rings. The number of pyridine rings is 1. The number of likely N-dealkylation sites (tertiary alicyclic amines) is 1. The van der Waals surface area contributed by atoms with E-state index in [1.165, 1.54) is 25.7 Å². The number of aromatic nitrogens is 4. The standard InChI is InChI=1S/C17H23N5O/c1-11(2)14-17(7-4-5-8-17)10-22(14)16(23)12-6-9-18-15-13(12)19-20-21(15)3/h6,9,11,14H,4-5,7-8,10H2,1-3H3. The maximum atomic E-state index is 13.1. The number of aryl methyl sites for hydroxylation is 1. The number of rotatable bonds is 2. The number of fused-ring (bicyclic) bond motifs is 1. The van der Waals surface area contributed by atoms with Crippen LogP contribution in [0.1, 0.15) is 49.9 Å². The van der Waals surface area contributed by atoms with E-state index in [0.717, 1.165) is 6.54 Å². The third kappa shape index (κ3) is 2.00. The number of hydrogen-bond donors (Lipinski definition) is 0. The van der Waals surface area contributed by atoms with E-state index in [4.69, 9.17) is 0 Å². The summed E-state index contributed by atoms with van der Waals surface area (Å²) in [7, 11) is 1.80. The quantitative estimate of drug-likeness (QED) is 0.854. The zero-order chi connectivity index (χ0) is 16.2. The fourth-order valence-corrected chi connectivity index (χ4v) is 4.81. The minimum absolute atomic E-state index is 0.0779. The van der Waals surface area contributed by atoms with Gasteiger partial charge in [0.2, 0.25) is 0 Å². The SMILES string of the molecule is CC(C)C1N(C(=O)c2ccnc3c2nnn3C)CC12CCCC2. The van der Waals surface area contributed by atoms with Gasteiger partial charge in [-0.3, -0.25) is 4.79 Å². The van der Waals surface area contributed by atoms with Crippen LogP contribution in [0.5, 0.6) is 0 Å². The van der Waals surface area contributed by atoms with E-state index in [0.29, 0.717) is 34.1 Å². The first kappa shape index (κ1) is 14.6. The van der Waals surface area contributed by atoms with Gasteiger partial charge in [-0.05, 0) is 24.8 Å². The average Bonchev–Trinajstić information content (AvgIpc) is 3.12. The first-order valence-electron chi connectivity index (χ1n) is 8.49. The Bertz CT molecular complexity index is 759. The predicted octanol–water partition coefficient (Wildman–Crippen LogP) is 2.40. The Morgan fingerprint density at radius 1 is 1.35 bits per heavy atom. The first-order valence-corrected chi connectivity index (χ1v) is 8.49. The average molecular weight is 313 g/mol. The lowest BCUT2D eigenvalue weighted by Gasteiger charge is -2.58. The zero-order valence-corrected chi connectivity index (χ0v) is 14.0. The third-order valence-electron chi connectivity index (χ3n) is 5.66. The fraction of sp³-hybridized carbons (Fsp3) is 0.647. The Morgan fingerprint density at radius 2 is 2.09 bits per heavy atom. The largest absolute Gasteiger partial charge is 0.334 e. The molecule has 1 saturated heterocycles. The molecule has 2 aromatic rings. The normalized spacial score (nSPS) is 23.0. The van der Waals surface area contributed by atoms with Crippen molar-refractivity contribution in [2.24, 2.45) is 18.4 Å². The minimum atomic E-state index is 0.0779. The Hall–Kier alpha value is -1.98. The summed E-state index contributed by atoms with van der Waals surface area (Å²) in [5, 5.41) is 8.14. The highest BCUT2D eigenvalue weighted by atomic mass is 16.2. The van der Waals surface area contributed by atoms with Crippen LogP contribution in [0.2, 0.25) is 0 Å². The van der Waals surface area contributed by atoms with Gasteiger partial charge in [-0.25, -0.2) is 9.67 Å². The smallest absolute Gasteiger partial charge is 0.256 e. The van der Waals surface area contributed by atoms with Crippen LogP contribution < -0.4 is 0 Å². The molecule has 0 aromatic carbocycles. The second-order valence-electron chi connectivity index (χ2n) is 7.44. The van der Waals surface area contributed by atoms with Crippen LogP contribution in [0, 0.1) is 11.3 Å². The van der Waals surface area contributed by atoms with Crippen molar-refractivity contribution in [1.29, 1.82) is 0 Å². The molecule has 0 radical (unpaired) electrons. The van der Waals surface area contributed by atoms with Gasteiger partial charge >= 0.3 is 0 Å². The fourth-order valence-electron chi connectivity index (χ4n) is 4.81. The van der Waals surface area contributed by atoms with Gasteiger partial charge in [-0.1, -0.05) is 31.9 Å². The molecular formula is C17H23N5O. The van der Waals surface area contributed by atoms with Crippen molar-refractivity contribution in [3.63, 3.8) is 0 Å². The van der Waals surface area contributed by atoms with Crippen molar-refractivity contribution in [1.82, 2.24) is 24.9 Å². The number of amides is 1. The predicted molar refractivity (Wildman–Crippen MR) is 86.9 cm³/mol. The molecular weight excluding hydrogens is 290 g/mol. The zero-order valence-electron chi connectivity index (χ0n) is 14.0. The van der Waals surface area contributed by atoms with E-state index < -0.39 is 0 Å². The summed E-state index contributed by atoms with van der Waals surface area (Å²) in [6.45, 7) is 5.35. The lowest BCUT2D eigenvalue weighted by atomic mass is 9.65. The summed E-state index contributed by atoms with van der Waals surface area (Å²) >= 11 is 0. The van der Waals surface area contributed by atoms with E-state index in [2.05, 4.69) is 34.0 Å². The molecule has 1 amide bonds. The van der Waals surface area contributed by atoms with Crippen LogP contribution in [0.25, 0.3) is 11.2 Å². The summed E-state index contributed by atoms with van der Waals surface area (Å²) in [5.74, 6) is 0.555. The highest BCUT2D eigenvalue weighted by molar-refractivity contribution is 6.04. The molecule has 122 valence electrons. The molecule has 6 nitrogen and oxygen atoms in total. The van der Waals surface area contributed by atoms with Gasteiger partial charge < -0.3 is 4.90 Å². The molecule has 1 atom stereocenters.